The number of nitrogens with one attached hydrogen (secondary N) is 1. The van der Waals surface area contributed by atoms with Crippen molar-refractivity contribution in [2.75, 3.05) is 31.8 Å². The maximum absolute atomic E-state index is 11.5. The number of carbonyl (C=O) groups is 1. The Hall–Kier alpha value is -1.98. The summed E-state index contributed by atoms with van der Waals surface area (Å²) in [7, 11) is 2.89. The molecule has 1 heterocycles. The maximum atomic E-state index is 11.5. The molecule has 0 atom stereocenters. The lowest BCUT2D eigenvalue weighted by molar-refractivity contribution is -0.149. The fourth-order valence-electron chi connectivity index (χ4n) is 1.36. The quantitative estimate of drug-likeness (QED) is 0.769. The lowest BCUT2D eigenvalue weighted by Gasteiger charge is -2.22. The molecule has 0 spiro atoms. The normalized spacial score (nSPS) is 10.9. The molecule has 0 unspecified atom stereocenters. The number of hydrogen-bond donors (Lipinski definition) is 2. The molecule has 6 heteroatoms. The number of esters is 1. The van der Waals surface area contributed by atoms with Gasteiger partial charge >= 0.3 is 5.97 Å². The van der Waals surface area contributed by atoms with E-state index in [0.29, 0.717) is 23.9 Å². The Morgan fingerprint density at radius 1 is 1.44 bits per heavy atom. The Morgan fingerprint density at radius 3 is 2.67 bits per heavy atom. The van der Waals surface area contributed by atoms with E-state index in [1.807, 2.05) is 0 Å². The number of hydrogen-bond acceptors (Lipinski definition) is 6. The zero-order valence-corrected chi connectivity index (χ0v) is 11.1. The minimum absolute atomic E-state index is 0.295. The molecule has 18 heavy (non-hydrogen) atoms. The van der Waals surface area contributed by atoms with Crippen molar-refractivity contribution >= 4 is 17.5 Å². The number of nitrogens with two attached hydrogens (primary N) is 1. The van der Waals surface area contributed by atoms with E-state index in [1.54, 1.807) is 26.0 Å². The van der Waals surface area contributed by atoms with Crippen LogP contribution in [-0.2, 0) is 9.53 Å². The van der Waals surface area contributed by atoms with E-state index in [2.05, 4.69) is 10.3 Å². The van der Waals surface area contributed by atoms with Gasteiger partial charge in [-0.1, -0.05) is 0 Å². The highest BCUT2D eigenvalue weighted by atomic mass is 16.5. The molecule has 1 rings (SSSR count). The SMILES string of the molecule is COC(=O)C(C)(C)CNc1nc(OC)ccc1N. The smallest absolute Gasteiger partial charge is 0.313 e. The van der Waals surface area contributed by atoms with Crippen molar-refractivity contribution in [2.24, 2.45) is 5.41 Å². The number of ether oxygens (including phenoxy) is 2. The zero-order valence-electron chi connectivity index (χ0n) is 11.1. The predicted octanol–water partition coefficient (Wildman–Crippen LogP) is 1.28. The van der Waals surface area contributed by atoms with Crippen LogP contribution in [0.4, 0.5) is 11.5 Å². The minimum Gasteiger partial charge on any atom is -0.481 e. The van der Waals surface area contributed by atoms with Gasteiger partial charge in [-0.05, 0) is 19.9 Å². The van der Waals surface area contributed by atoms with Crippen molar-refractivity contribution in [3.8, 4) is 5.88 Å². The van der Waals surface area contributed by atoms with Crippen molar-refractivity contribution in [2.45, 2.75) is 13.8 Å². The molecular formula is C12H19N3O3. The van der Waals surface area contributed by atoms with Gasteiger partial charge in [0.15, 0.2) is 5.82 Å². The van der Waals surface area contributed by atoms with E-state index >= 15 is 0 Å². The number of nitrogens with zero attached hydrogens (tertiary/aromatic N) is 1. The lowest BCUT2D eigenvalue weighted by atomic mass is 9.94. The molecular weight excluding hydrogens is 234 g/mol. The van der Waals surface area contributed by atoms with Crippen LogP contribution in [0, 0.1) is 5.41 Å². The van der Waals surface area contributed by atoms with Crippen molar-refractivity contribution in [1.29, 1.82) is 0 Å². The van der Waals surface area contributed by atoms with Crippen molar-refractivity contribution in [3.63, 3.8) is 0 Å². The van der Waals surface area contributed by atoms with Crippen LogP contribution < -0.4 is 15.8 Å². The second kappa shape index (κ2) is 5.57. The first-order chi connectivity index (χ1) is 8.40. The molecule has 0 aliphatic heterocycles. The van der Waals surface area contributed by atoms with E-state index < -0.39 is 5.41 Å². The second-order valence-corrected chi connectivity index (χ2v) is 4.52. The van der Waals surface area contributed by atoms with E-state index in [9.17, 15) is 4.79 Å². The Balaban J connectivity index is 2.77. The Bertz CT molecular complexity index is 433. The van der Waals surface area contributed by atoms with Crippen molar-refractivity contribution in [3.05, 3.63) is 12.1 Å². The van der Waals surface area contributed by atoms with E-state index in [1.165, 1.54) is 14.2 Å². The molecule has 0 fully saturated rings. The van der Waals surface area contributed by atoms with Crippen LogP contribution in [0.15, 0.2) is 12.1 Å². The average Bonchev–Trinajstić information content (AvgIpc) is 2.36. The number of carbonyl (C=O) groups excluding carboxylic acids is 1. The predicted molar refractivity (Wildman–Crippen MR) is 69.5 cm³/mol. The molecule has 100 valence electrons. The molecule has 0 aliphatic rings. The molecule has 0 saturated carbocycles. The highest BCUT2D eigenvalue weighted by Crippen LogP contribution is 2.23. The van der Waals surface area contributed by atoms with E-state index in [0.717, 1.165) is 0 Å². The summed E-state index contributed by atoms with van der Waals surface area (Å²) in [5.74, 6) is 0.658. The molecule has 0 aliphatic carbocycles. The van der Waals surface area contributed by atoms with Crippen LogP contribution in [0.3, 0.4) is 0 Å². The molecule has 0 radical (unpaired) electrons. The van der Waals surface area contributed by atoms with Gasteiger partial charge in [-0.25, -0.2) is 0 Å². The Kier molecular flexibility index (Phi) is 4.36. The third kappa shape index (κ3) is 3.26. The molecule has 6 nitrogen and oxygen atoms in total. The first-order valence-electron chi connectivity index (χ1n) is 5.53. The third-order valence-corrected chi connectivity index (χ3v) is 2.55. The summed E-state index contributed by atoms with van der Waals surface area (Å²) >= 11 is 0. The van der Waals surface area contributed by atoms with Gasteiger partial charge in [0.2, 0.25) is 5.88 Å². The number of rotatable bonds is 5. The molecule has 1 aromatic heterocycles. The summed E-state index contributed by atoms with van der Waals surface area (Å²) in [6.45, 7) is 3.93. The van der Waals surface area contributed by atoms with Gasteiger partial charge in [0.25, 0.3) is 0 Å². The van der Waals surface area contributed by atoms with Crippen molar-refractivity contribution in [1.82, 2.24) is 4.98 Å². The molecule has 3 N–H and O–H groups in total. The molecule has 0 bridgehead atoms. The summed E-state index contributed by atoms with van der Waals surface area (Å²) in [5, 5.41) is 3.03. The summed E-state index contributed by atoms with van der Waals surface area (Å²) in [5.41, 5.74) is 5.62. The average molecular weight is 253 g/mol. The summed E-state index contributed by atoms with van der Waals surface area (Å²) in [6.07, 6.45) is 0. The van der Waals surface area contributed by atoms with Gasteiger partial charge in [0.1, 0.15) is 0 Å². The van der Waals surface area contributed by atoms with Gasteiger partial charge in [-0.15, -0.1) is 0 Å². The summed E-state index contributed by atoms with van der Waals surface area (Å²) in [6, 6.07) is 3.37. The minimum atomic E-state index is -0.661. The topological polar surface area (TPSA) is 86.5 Å². The Morgan fingerprint density at radius 2 is 2.11 bits per heavy atom. The number of anilines is 2. The zero-order chi connectivity index (χ0) is 13.8. The molecule has 0 saturated heterocycles. The number of aromatic nitrogens is 1. The van der Waals surface area contributed by atoms with Crippen LogP contribution in [0.5, 0.6) is 5.88 Å². The van der Waals surface area contributed by atoms with E-state index in [4.69, 9.17) is 15.2 Å². The first-order valence-corrected chi connectivity index (χ1v) is 5.53. The van der Waals surface area contributed by atoms with Gasteiger partial charge in [0, 0.05) is 12.6 Å². The number of nitrogen functional groups attached to an aromatic ring is 1. The maximum Gasteiger partial charge on any atom is 0.313 e. The fourth-order valence-corrected chi connectivity index (χ4v) is 1.36. The van der Waals surface area contributed by atoms with Crippen LogP contribution in [0.25, 0.3) is 0 Å². The summed E-state index contributed by atoms with van der Waals surface area (Å²) in [4.78, 5) is 15.7. The highest BCUT2D eigenvalue weighted by Gasteiger charge is 2.28. The monoisotopic (exact) mass is 253 g/mol. The second-order valence-electron chi connectivity index (χ2n) is 4.52. The molecule has 0 aromatic carbocycles. The van der Waals surface area contributed by atoms with Crippen LogP contribution in [-0.4, -0.2) is 31.7 Å². The standard InChI is InChI=1S/C12H19N3O3/c1-12(2,11(16)18-4)7-14-10-8(13)5-6-9(15-10)17-3/h5-6H,7,13H2,1-4H3,(H,14,15). The van der Waals surface area contributed by atoms with Gasteiger partial charge < -0.3 is 20.5 Å². The van der Waals surface area contributed by atoms with Gasteiger partial charge in [0.05, 0.1) is 25.3 Å². The van der Waals surface area contributed by atoms with Gasteiger partial charge in [-0.3, -0.25) is 4.79 Å². The largest absolute Gasteiger partial charge is 0.481 e. The first kappa shape index (κ1) is 14.1. The Labute approximate surface area is 106 Å². The highest BCUT2D eigenvalue weighted by molar-refractivity contribution is 5.76. The third-order valence-electron chi connectivity index (χ3n) is 2.55. The fraction of sp³-hybridized carbons (Fsp3) is 0.500. The van der Waals surface area contributed by atoms with Crippen molar-refractivity contribution < 1.29 is 14.3 Å². The van der Waals surface area contributed by atoms with Crippen LogP contribution >= 0.6 is 0 Å². The van der Waals surface area contributed by atoms with E-state index in [-0.39, 0.29) is 5.97 Å². The number of pyridine rings is 1. The molecule has 1 aromatic rings. The van der Waals surface area contributed by atoms with Crippen LogP contribution in [0.1, 0.15) is 13.8 Å². The lowest BCUT2D eigenvalue weighted by Crippen LogP contribution is -2.33. The number of methoxy groups -OCH3 is 2. The molecule has 0 amide bonds. The van der Waals surface area contributed by atoms with Gasteiger partial charge in [-0.2, -0.15) is 4.98 Å². The summed E-state index contributed by atoms with van der Waals surface area (Å²) < 4.78 is 9.74. The van der Waals surface area contributed by atoms with Crippen LogP contribution in [0.2, 0.25) is 0 Å².